The van der Waals surface area contributed by atoms with Gasteiger partial charge in [-0.1, -0.05) is 11.3 Å². The monoisotopic (exact) mass is 270 g/mol. The molecule has 6 nitrogen and oxygen atoms in total. The largest absolute Gasteiger partial charge is 0.444 e. The number of aromatic nitrogens is 2. The first-order valence-electron chi connectivity index (χ1n) is 5.95. The summed E-state index contributed by atoms with van der Waals surface area (Å²) in [5.41, 5.74) is 5.10. The minimum atomic E-state index is -0.482. The highest BCUT2D eigenvalue weighted by atomic mass is 32.1. The van der Waals surface area contributed by atoms with Crippen LogP contribution in [0, 0.1) is 0 Å². The molecule has 2 heterocycles. The molecule has 0 saturated carbocycles. The number of nitrogen functional groups attached to an aromatic ring is 1. The lowest BCUT2D eigenvalue weighted by Crippen LogP contribution is -2.36. The molecule has 0 bridgehead atoms. The van der Waals surface area contributed by atoms with Crippen LogP contribution in [0.1, 0.15) is 44.7 Å². The molecule has 1 unspecified atom stereocenters. The Bertz CT molecular complexity index is 440. The molecular formula is C11H18N4O2S. The average Bonchev–Trinajstić information content (AvgIpc) is 2.81. The van der Waals surface area contributed by atoms with Crippen LogP contribution < -0.4 is 5.73 Å². The molecule has 1 aliphatic heterocycles. The number of carbonyl (C=O) groups excluding carboxylic acids is 1. The van der Waals surface area contributed by atoms with Crippen molar-refractivity contribution in [1.29, 1.82) is 0 Å². The molecule has 1 atom stereocenters. The Morgan fingerprint density at radius 3 is 2.78 bits per heavy atom. The number of hydrogen-bond acceptors (Lipinski definition) is 6. The zero-order chi connectivity index (χ0) is 13.3. The van der Waals surface area contributed by atoms with Gasteiger partial charge in [0.15, 0.2) is 0 Å². The van der Waals surface area contributed by atoms with Gasteiger partial charge in [-0.25, -0.2) is 4.79 Å². The molecule has 1 aliphatic rings. The first kappa shape index (κ1) is 13.1. The number of ether oxygens (including phenoxy) is 1. The minimum absolute atomic E-state index is 0.0466. The molecule has 100 valence electrons. The van der Waals surface area contributed by atoms with Crippen LogP contribution in [0.4, 0.5) is 9.93 Å². The van der Waals surface area contributed by atoms with Gasteiger partial charge in [-0.05, 0) is 33.6 Å². The first-order valence-corrected chi connectivity index (χ1v) is 6.77. The Balaban J connectivity index is 2.10. The topological polar surface area (TPSA) is 81.3 Å². The lowest BCUT2D eigenvalue weighted by molar-refractivity contribution is 0.0224. The predicted octanol–water partition coefficient (Wildman–Crippen LogP) is 2.19. The number of amides is 1. The zero-order valence-electron chi connectivity index (χ0n) is 10.8. The van der Waals surface area contributed by atoms with Gasteiger partial charge in [-0.2, -0.15) is 0 Å². The molecule has 0 spiro atoms. The van der Waals surface area contributed by atoms with Crippen LogP contribution >= 0.6 is 11.3 Å². The summed E-state index contributed by atoms with van der Waals surface area (Å²) in [6, 6.07) is -0.0466. The molecule has 1 aromatic heterocycles. The Kier molecular flexibility index (Phi) is 3.43. The molecule has 7 heteroatoms. The smallest absolute Gasteiger partial charge is 0.410 e. The van der Waals surface area contributed by atoms with E-state index in [4.69, 9.17) is 10.5 Å². The van der Waals surface area contributed by atoms with Crippen molar-refractivity contribution < 1.29 is 9.53 Å². The SMILES string of the molecule is CC(C)(C)OC(=O)N1CCCC1c1nnc(N)s1. The fourth-order valence-electron chi connectivity index (χ4n) is 1.94. The highest BCUT2D eigenvalue weighted by Gasteiger charge is 2.35. The van der Waals surface area contributed by atoms with E-state index in [0.717, 1.165) is 17.8 Å². The molecule has 0 aromatic carbocycles. The summed E-state index contributed by atoms with van der Waals surface area (Å²) in [4.78, 5) is 13.8. The number of rotatable bonds is 1. The molecule has 1 amide bonds. The van der Waals surface area contributed by atoms with Gasteiger partial charge in [0.25, 0.3) is 0 Å². The van der Waals surface area contributed by atoms with E-state index in [0.29, 0.717) is 11.7 Å². The third-order valence-electron chi connectivity index (χ3n) is 2.62. The maximum absolute atomic E-state index is 12.1. The third kappa shape index (κ3) is 2.90. The highest BCUT2D eigenvalue weighted by molar-refractivity contribution is 7.15. The summed E-state index contributed by atoms with van der Waals surface area (Å²) in [7, 11) is 0. The average molecular weight is 270 g/mol. The summed E-state index contributed by atoms with van der Waals surface area (Å²) in [6.07, 6.45) is 1.54. The van der Waals surface area contributed by atoms with E-state index in [1.165, 1.54) is 11.3 Å². The van der Waals surface area contributed by atoms with Crippen molar-refractivity contribution in [2.45, 2.75) is 45.3 Å². The molecule has 1 saturated heterocycles. The van der Waals surface area contributed by atoms with Crippen LogP contribution in [0.15, 0.2) is 0 Å². The van der Waals surface area contributed by atoms with Crippen molar-refractivity contribution in [3.05, 3.63) is 5.01 Å². The van der Waals surface area contributed by atoms with Crippen LogP contribution in [-0.2, 0) is 4.74 Å². The van der Waals surface area contributed by atoms with E-state index in [-0.39, 0.29) is 12.1 Å². The predicted molar refractivity (Wildman–Crippen MR) is 69.2 cm³/mol. The lowest BCUT2D eigenvalue weighted by Gasteiger charge is -2.27. The highest BCUT2D eigenvalue weighted by Crippen LogP contribution is 2.34. The molecule has 2 rings (SSSR count). The number of likely N-dealkylation sites (tertiary alicyclic amines) is 1. The molecular weight excluding hydrogens is 252 g/mol. The van der Waals surface area contributed by atoms with Crippen molar-refractivity contribution in [3.63, 3.8) is 0 Å². The van der Waals surface area contributed by atoms with E-state index >= 15 is 0 Å². The standard InChI is InChI=1S/C11H18N4O2S/c1-11(2,3)17-10(16)15-6-4-5-7(15)8-13-14-9(12)18-8/h7H,4-6H2,1-3H3,(H2,12,14). The molecule has 1 aromatic rings. The number of hydrogen-bond donors (Lipinski definition) is 1. The van der Waals surface area contributed by atoms with Gasteiger partial charge in [-0.3, -0.25) is 4.90 Å². The Hall–Kier alpha value is -1.37. The lowest BCUT2D eigenvalue weighted by atomic mass is 10.2. The maximum atomic E-state index is 12.1. The summed E-state index contributed by atoms with van der Waals surface area (Å²) < 4.78 is 5.39. The number of anilines is 1. The fourth-order valence-corrected chi connectivity index (χ4v) is 2.70. The molecule has 0 radical (unpaired) electrons. The van der Waals surface area contributed by atoms with E-state index in [1.807, 2.05) is 20.8 Å². The van der Waals surface area contributed by atoms with Gasteiger partial charge < -0.3 is 10.5 Å². The zero-order valence-corrected chi connectivity index (χ0v) is 11.7. The Labute approximate surface area is 110 Å². The molecule has 0 aliphatic carbocycles. The fraction of sp³-hybridized carbons (Fsp3) is 0.727. The quantitative estimate of drug-likeness (QED) is 0.846. The van der Waals surface area contributed by atoms with Crippen LogP contribution in [-0.4, -0.2) is 33.3 Å². The number of nitrogens with zero attached hydrogens (tertiary/aromatic N) is 3. The van der Waals surface area contributed by atoms with E-state index in [9.17, 15) is 4.79 Å². The Morgan fingerprint density at radius 1 is 1.50 bits per heavy atom. The number of nitrogens with two attached hydrogens (primary N) is 1. The van der Waals surface area contributed by atoms with Gasteiger partial charge in [0.05, 0.1) is 6.04 Å². The van der Waals surface area contributed by atoms with Crippen molar-refractivity contribution in [2.24, 2.45) is 0 Å². The van der Waals surface area contributed by atoms with Gasteiger partial charge in [0.1, 0.15) is 10.6 Å². The van der Waals surface area contributed by atoms with Crippen molar-refractivity contribution in [1.82, 2.24) is 15.1 Å². The summed E-state index contributed by atoms with van der Waals surface area (Å²) >= 11 is 1.33. The number of carbonyl (C=O) groups is 1. The van der Waals surface area contributed by atoms with Crippen LogP contribution in [0.2, 0.25) is 0 Å². The van der Waals surface area contributed by atoms with Crippen LogP contribution in [0.3, 0.4) is 0 Å². The summed E-state index contributed by atoms with van der Waals surface area (Å²) in [5.74, 6) is 0. The second kappa shape index (κ2) is 4.72. The summed E-state index contributed by atoms with van der Waals surface area (Å²) in [6.45, 7) is 6.27. The van der Waals surface area contributed by atoms with E-state index in [2.05, 4.69) is 10.2 Å². The first-order chi connectivity index (χ1) is 8.37. The van der Waals surface area contributed by atoms with Crippen LogP contribution in [0.5, 0.6) is 0 Å². The molecule has 1 fully saturated rings. The molecule has 18 heavy (non-hydrogen) atoms. The van der Waals surface area contributed by atoms with Gasteiger partial charge in [0.2, 0.25) is 5.13 Å². The van der Waals surface area contributed by atoms with Crippen molar-refractivity contribution in [2.75, 3.05) is 12.3 Å². The van der Waals surface area contributed by atoms with Crippen LogP contribution in [0.25, 0.3) is 0 Å². The second-order valence-corrected chi connectivity index (χ2v) is 6.35. The van der Waals surface area contributed by atoms with Crippen molar-refractivity contribution >= 4 is 22.6 Å². The van der Waals surface area contributed by atoms with Crippen molar-refractivity contribution in [3.8, 4) is 0 Å². The normalized spacial score (nSPS) is 20.2. The maximum Gasteiger partial charge on any atom is 0.410 e. The van der Waals surface area contributed by atoms with Gasteiger partial charge in [-0.15, -0.1) is 10.2 Å². The van der Waals surface area contributed by atoms with Gasteiger partial charge >= 0.3 is 6.09 Å². The summed E-state index contributed by atoms with van der Waals surface area (Å²) in [5, 5.41) is 9.04. The molecule has 2 N–H and O–H groups in total. The Morgan fingerprint density at radius 2 is 2.22 bits per heavy atom. The third-order valence-corrected chi connectivity index (χ3v) is 3.48. The second-order valence-electron chi connectivity index (χ2n) is 5.31. The van der Waals surface area contributed by atoms with E-state index < -0.39 is 5.60 Å². The van der Waals surface area contributed by atoms with Gasteiger partial charge in [0, 0.05) is 6.54 Å². The van der Waals surface area contributed by atoms with E-state index in [1.54, 1.807) is 4.90 Å². The minimum Gasteiger partial charge on any atom is -0.444 e.